The summed E-state index contributed by atoms with van der Waals surface area (Å²) in [5.41, 5.74) is 1.88. The van der Waals surface area contributed by atoms with E-state index in [1.165, 1.54) is 37.0 Å². The summed E-state index contributed by atoms with van der Waals surface area (Å²) in [5.74, 6) is -2.37. The highest BCUT2D eigenvalue weighted by Crippen LogP contribution is 2.33. The summed E-state index contributed by atoms with van der Waals surface area (Å²) in [6.07, 6.45) is 4.62. The summed E-state index contributed by atoms with van der Waals surface area (Å²) >= 11 is 0. The van der Waals surface area contributed by atoms with E-state index in [4.69, 9.17) is 0 Å². The average molecular weight is 378 g/mol. The molecule has 0 fully saturated rings. The zero-order chi connectivity index (χ0) is 19.7. The predicted octanol–water partition coefficient (Wildman–Crippen LogP) is 7.81. The van der Waals surface area contributed by atoms with Gasteiger partial charge in [0.1, 0.15) is 5.82 Å². The molecule has 0 aliphatic rings. The Balaban J connectivity index is 1.79. The summed E-state index contributed by atoms with van der Waals surface area (Å²) in [7, 11) is 0. The Kier molecular flexibility index (Phi) is 5.08. The van der Waals surface area contributed by atoms with Crippen molar-refractivity contribution in [2.45, 2.75) is 32.6 Å². The van der Waals surface area contributed by atoms with Gasteiger partial charge in [0.25, 0.3) is 0 Å². The quantitative estimate of drug-likeness (QED) is 0.245. The molecule has 4 aromatic rings. The third kappa shape index (κ3) is 3.49. The van der Waals surface area contributed by atoms with E-state index in [0.29, 0.717) is 5.56 Å². The van der Waals surface area contributed by atoms with Gasteiger partial charge in [0.15, 0.2) is 11.6 Å². The molecule has 0 saturated carbocycles. The molecule has 0 spiro atoms. The van der Waals surface area contributed by atoms with Crippen LogP contribution in [-0.4, -0.2) is 0 Å². The van der Waals surface area contributed by atoms with Crippen LogP contribution in [0, 0.1) is 17.5 Å². The lowest BCUT2D eigenvalue weighted by Crippen LogP contribution is -1.90. The van der Waals surface area contributed by atoms with Crippen molar-refractivity contribution in [1.29, 1.82) is 0 Å². The van der Waals surface area contributed by atoms with E-state index < -0.39 is 17.5 Å². The summed E-state index contributed by atoms with van der Waals surface area (Å²) in [6.45, 7) is 2.19. The van der Waals surface area contributed by atoms with Gasteiger partial charge in [-0.05, 0) is 69.8 Å². The van der Waals surface area contributed by atoms with Gasteiger partial charge in [-0.3, -0.25) is 0 Å². The SMILES string of the molecule is CCCCCc1ccc2c(ccc3cc(-c4ccc(F)c(F)c4)c(F)cc32)c1. The van der Waals surface area contributed by atoms with E-state index in [-0.39, 0.29) is 5.56 Å². The van der Waals surface area contributed by atoms with Gasteiger partial charge in [0.2, 0.25) is 0 Å². The summed E-state index contributed by atoms with van der Waals surface area (Å²) in [4.78, 5) is 0. The van der Waals surface area contributed by atoms with Gasteiger partial charge in [-0.2, -0.15) is 0 Å². The highest BCUT2D eigenvalue weighted by molar-refractivity contribution is 6.08. The Hall–Kier alpha value is -2.81. The summed E-state index contributed by atoms with van der Waals surface area (Å²) in [5, 5.41) is 3.77. The zero-order valence-corrected chi connectivity index (χ0v) is 15.7. The molecule has 0 radical (unpaired) electrons. The molecule has 0 aromatic heterocycles. The van der Waals surface area contributed by atoms with E-state index in [9.17, 15) is 13.2 Å². The monoisotopic (exact) mass is 378 g/mol. The van der Waals surface area contributed by atoms with Crippen molar-refractivity contribution in [3.8, 4) is 11.1 Å². The molecule has 0 aliphatic carbocycles. The third-order valence-electron chi connectivity index (χ3n) is 5.29. The Morgan fingerprint density at radius 1 is 0.643 bits per heavy atom. The van der Waals surface area contributed by atoms with Crippen LogP contribution in [0.1, 0.15) is 31.7 Å². The van der Waals surface area contributed by atoms with Crippen molar-refractivity contribution < 1.29 is 13.2 Å². The second-order valence-corrected chi connectivity index (χ2v) is 7.26. The molecule has 28 heavy (non-hydrogen) atoms. The topological polar surface area (TPSA) is 0 Å². The Morgan fingerprint density at radius 2 is 1.43 bits per heavy atom. The first-order chi connectivity index (χ1) is 13.6. The molecule has 0 N–H and O–H groups in total. The van der Waals surface area contributed by atoms with Gasteiger partial charge in [-0.1, -0.05) is 56.2 Å². The first-order valence-electron chi connectivity index (χ1n) is 9.67. The molecule has 4 aromatic carbocycles. The van der Waals surface area contributed by atoms with Crippen LogP contribution in [0.15, 0.2) is 60.7 Å². The number of unbranched alkanes of at least 4 members (excludes halogenated alkanes) is 2. The fourth-order valence-corrected chi connectivity index (χ4v) is 3.76. The molecule has 0 bridgehead atoms. The Labute approximate surface area is 162 Å². The van der Waals surface area contributed by atoms with Crippen LogP contribution in [0.5, 0.6) is 0 Å². The van der Waals surface area contributed by atoms with Crippen LogP contribution in [0.3, 0.4) is 0 Å². The number of hydrogen-bond donors (Lipinski definition) is 0. The van der Waals surface area contributed by atoms with Crippen molar-refractivity contribution >= 4 is 21.5 Å². The normalized spacial score (nSPS) is 11.4. The molecule has 0 atom stereocenters. The van der Waals surface area contributed by atoms with Crippen LogP contribution in [0.25, 0.3) is 32.7 Å². The molecule has 3 heteroatoms. The maximum Gasteiger partial charge on any atom is 0.159 e. The molecule has 142 valence electrons. The second kappa shape index (κ2) is 7.67. The summed E-state index contributed by atoms with van der Waals surface area (Å²) in [6, 6.07) is 17.0. The van der Waals surface area contributed by atoms with Gasteiger partial charge in [0.05, 0.1) is 0 Å². The Bertz CT molecular complexity index is 1160. The van der Waals surface area contributed by atoms with Crippen LogP contribution in [-0.2, 0) is 6.42 Å². The van der Waals surface area contributed by atoms with E-state index in [1.807, 2.05) is 12.1 Å². The van der Waals surface area contributed by atoms with Gasteiger partial charge < -0.3 is 0 Å². The summed E-state index contributed by atoms with van der Waals surface area (Å²) < 4.78 is 41.6. The highest BCUT2D eigenvalue weighted by atomic mass is 19.2. The minimum absolute atomic E-state index is 0.266. The maximum absolute atomic E-state index is 14.8. The largest absolute Gasteiger partial charge is 0.206 e. The predicted molar refractivity (Wildman–Crippen MR) is 110 cm³/mol. The van der Waals surface area contributed by atoms with E-state index in [1.54, 1.807) is 6.07 Å². The third-order valence-corrected chi connectivity index (χ3v) is 5.29. The second-order valence-electron chi connectivity index (χ2n) is 7.26. The number of benzene rings is 4. The lowest BCUT2D eigenvalue weighted by Gasteiger charge is -2.10. The van der Waals surface area contributed by atoms with Crippen molar-refractivity contribution in [2.75, 3.05) is 0 Å². The number of halogens is 3. The standard InChI is InChI=1S/C25H21F3/c1-2-3-4-5-16-6-10-20-17(12-16)7-8-18-13-22(24(27)15-21(18)20)19-9-11-23(26)25(28)14-19/h6-15H,2-5H2,1H3. The molecule has 0 saturated heterocycles. The van der Waals surface area contributed by atoms with Gasteiger partial charge in [-0.25, -0.2) is 13.2 Å². The number of rotatable bonds is 5. The first kappa shape index (κ1) is 18.5. The lowest BCUT2D eigenvalue weighted by atomic mass is 9.95. The zero-order valence-electron chi connectivity index (χ0n) is 15.7. The first-order valence-corrected chi connectivity index (χ1v) is 9.67. The van der Waals surface area contributed by atoms with Crippen molar-refractivity contribution in [2.24, 2.45) is 0 Å². The smallest absolute Gasteiger partial charge is 0.159 e. The number of aryl methyl sites for hydroxylation is 1. The van der Waals surface area contributed by atoms with E-state index in [2.05, 4.69) is 25.1 Å². The van der Waals surface area contributed by atoms with E-state index >= 15 is 0 Å². The van der Waals surface area contributed by atoms with E-state index in [0.717, 1.165) is 40.1 Å². The van der Waals surface area contributed by atoms with Crippen LogP contribution >= 0.6 is 0 Å². The highest BCUT2D eigenvalue weighted by Gasteiger charge is 2.12. The molecule has 0 heterocycles. The van der Waals surface area contributed by atoms with Gasteiger partial charge in [0, 0.05) is 5.56 Å². The molecule has 0 amide bonds. The number of fused-ring (bicyclic) bond motifs is 3. The molecule has 4 rings (SSSR count). The van der Waals surface area contributed by atoms with Crippen LogP contribution < -0.4 is 0 Å². The number of hydrogen-bond acceptors (Lipinski definition) is 0. The van der Waals surface area contributed by atoms with Crippen molar-refractivity contribution in [3.63, 3.8) is 0 Å². The molecule has 0 nitrogen and oxygen atoms in total. The van der Waals surface area contributed by atoms with Gasteiger partial charge >= 0.3 is 0 Å². The van der Waals surface area contributed by atoms with Crippen molar-refractivity contribution in [3.05, 3.63) is 83.7 Å². The molecular weight excluding hydrogens is 357 g/mol. The fraction of sp³-hybridized carbons (Fsp3) is 0.200. The Morgan fingerprint density at radius 3 is 2.18 bits per heavy atom. The van der Waals surface area contributed by atoms with Crippen LogP contribution in [0.2, 0.25) is 0 Å². The molecular formula is C25H21F3. The van der Waals surface area contributed by atoms with Gasteiger partial charge in [-0.15, -0.1) is 0 Å². The lowest BCUT2D eigenvalue weighted by molar-refractivity contribution is 0.509. The molecule has 0 aliphatic heterocycles. The maximum atomic E-state index is 14.8. The minimum Gasteiger partial charge on any atom is -0.206 e. The fourth-order valence-electron chi connectivity index (χ4n) is 3.76. The molecule has 0 unspecified atom stereocenters. The van der Waals surface area contributed by atoms with Crippen LogP contribution in [0.4, 0.5) is 13.2 Å². The van der Waals surface area contributed by atoms with Crippen molar-refractivity contribution in [1.82, 2.24) is 0 Å². The minimum atomic E-state index is -0.980. The average Bonchev–Trinajstić information content (AvgIpc) is 2.69.